The second-order valence-corrected chi connectivity index (χ2v) is 3.76. The number of hydrogen-bond donors (Lipinski definition) is 2. The highest BCUT2D eigenvalue weighted by Gasteiger charge is 2.08. The van der Waals surface area contributed by atoms with Crippen LogP contribution in [-0.2, 0) is 0 Å². The topological polar surface area (TPSA) is 41.8 Å². The van der Waals surface area contributed by atoms with Gasteiger partial charge in [0.05, 0.1) is 0 Å². The van der Waals surface area contributed by atoms with Gasteiger partial charge in [0, 0.05) is 23.1 Å². The minimum atomic E-state index is 0.0995. The lowest BCUT2D eigenvalue weighted by atomic mass is 9.99. The van der Waals surface area contributed by atoms with Crippen LogP contribution in [0.1, 0.15) is 24.4 Å². The standard InChI is InChI=1S/C13H16N2/c1-2-3-6-12(14)10-5-4-7-13-11(10)8-9-15-13/h2,4-5,7-9,12,15H,1,3,6,14H2/t12-/m1/s1. The minimum absolute atomic E-state index is 0.0995. The molecule has 0 aliphatic rings. The van der Waals surface area contributed by atoms with Crippen LogP contribution >= 0.6 is 0 Å². The Morgan fingerprint density at radius 1 is 1.40 bits per heavy atom. The molecule has 0 aliphatic carbocycles. The molecule has 15 heavy (non-hydrogen) atoms. The number of aromatic amines is 1. The average molecular weight is 200 g/mol. The van der Waals surface area contributed by atoms with Crippen molar-refractivity contribution in [3.63, 3.8) is 0 Å². The summed E-state index contributed by atoms with van der Waals surface area (Å²) in [5, 5.41) is 1.23. The minimum Gasteiger partial charge on any atom is -0.361 e. The van der Waals surface area contributed by atoms with E-state index in [4.69, 9.17) is 5.73 Å². The van der Waals surface area contributed by atoms with Gasteiger partial charge < -0.3 is 10.7 Å². The Balaban J connectivity index is 2.33. The van der Waals surface area contributed by atoms with Crippen LogP contribution < -0.4 is 5.73 Å². The normalized spacial score (nSPS) is 12.9. The largest absolute Gasteiger partial charge is 0.361 e. The third kappa shape index (κ3) is 1.95. The summed E-state index contributed by atoms with van der Waals surface area (Å²) in [6, 6.07) is 8.39. The summed E-state index contributed by atoms with van der Waals surface area (Å²) in [7, 11) is 0. The van der Waals surface area contributed by atoms with Gasteiger partial charge >= 0.3 is 0 Å². The second kappa shape index (κ2) is 4.32. The van der Waals surface area contributed by atoms with Crippen LogP contribution in [0.3, 0.4) is 0 Å². The van der Waals surface area contributed by atoms with Crippen LogP contribution in [0, 0.1) is 0 Å². The molecule has 2 rings (SSSR count). The fourth-order valence-electron chi connectivity index (χ4n) is 1.89. The number of fused-ring (bicyclic) bond motifs is 1. The number of aromatic nitrogens is 1. The summed E-state index contributed by atoms with van der Waals surface area (Å²) >= 11 is 0. The maximum atomic E-state index is 6.14. The highest BCUT2D eigenvalue weighted by molar-refractivity contribution is 5.83. The molecule has 1 heterocycles. The lowest BCUT2D eigenvalue weighted by Crippen LogP contribution is -2.09. The molecule has 3 N–H and O–H groups in total. The molecule has 2 nitrogen and oxygen atoms in total. The summed E-state index contributed by atoms with van der Waals surface area (Å²) in [4.78, 5) is 3.20. The number of H-pyrrole nitrogens is 1. The summed E-state index contributed by atoms with van der Waals surface area (Å²) in [6.45, 7) is 3.72. The number of nitrogens with one attached hydrogen (secondary N) is 1. The Morgan fingerprint density at radius 3 is 3.07 bits per heavy atom. The van der Waals surface area contributed by atoms with Gasteiger partial charge in [-0.1, -0.05) is 18.2 Å². The predicted octanol–water partition coefficient (Wildman–Crippen LogP) is 3.13. The fraction of sp³-hybridized carbons (Fsp3) is 0.231. The molecule has 0 fully saturated rings. The fourth-order valence-corrected chi connectivity index (χ4v) is 1.89. The lowest BCUT2D eigenvalue weighted by Gasteiger charge is -2.11. The van der Waals surface area contributed by atoms with E-state index in [9.17, 15) is 0 Å². The van der Waals surface area contributed by atoms with Crippen LogP contribution in [0.4, 0.5) is 0 Å². The van der Waals surface area contributed by atoms with E-state index in [0.717, 1.165) is 18.4 Å². The van der Waals surface area contributed by atoms with E-state index in [1.165, 1.54) is 10.9 Å². The van der Waals surface area contributed by atoms with E-state index in [-0.39, 0.29) is 6.04 Å². The highest BCUT2D eigenvalue weighted by atomic mass is 14.7. The molecule has 0 saturated heterocycles. The van der Waals surface area contributed by atoms with Crippen molar-refractivity contribution in [2.75, 3.05) is 0 Å². The van der Waals surface area contributed by atoms with Crippen molar-refractivity contribution in [1.82, 2.24) is 4.98 Å². The summed E-state index contributed by atoms with van der Waals surface area (Å²) in [6.07, 6.45) is 5.78. The van der Waals surface area contributed by atoms with Crippen molar-refractivity contribution in [3.8, 4) is 0 Å². The first-order valence-electron chi connectivity index (χ1n) is 5.25. The quantitative estimate of drug-likeness (QED) is 0.731. The predicted molar refractivity (Wildman–Crippen MR) is 64.7 cm³/mol. The first-order valence-corrected chi connectivity index (χ1v) is 5.25. The van der Waals surface area contributed by atoms with Crippen molar-refractivity contribution < 1.29 is 0 Å². The molecular weight excluding hydrogens is 184 g/mol. The molecule has 2 aromatic rings. The molecule has 0 amide bonds. The Morgan fingerprint density at radius 2 is 2.27 bits per heavy atom. The number of hydrogen-bond acceptors (Lipinski definition) is 1. The third-order valence-corrected chi connectivity index (χ3v) is 2.71. The van der Waals surface area contributed by atoms with E-state index in [0.29, 0.717) is 0 Å². The summed E-state index contributed by atoms with van der Waals surface area (Å²) in [5.74, 6) is 0. The molecule has 0 unspecified atom stereocenters. The van der Waals surface area contributed by atoms with Gasteiger partial charge in [0.15, 0.2) is 0 Å². The Bertz CT molecular complexity index is 456. The van der Waals surface area contributed by atoms with E-state index >= 15 is 0 Å². The van der Waals surface area contributed by atoms with Gasteiger partial charge in [0.25, 0.3) is 0 Å². The van der Waals surface area contributed by atoms with E-state index in [2.05, 4.69) is 29.8 Å². The molecule has 0 saturated carbocycles. The van der Waals surface area contributed by atoms with Crippen molar-refractivity contribution in [1.29, 1.82) is 0 Å². The highest BCUT2D eigenvalue weighted by Crippen LogP contribution is 2.24. The van der Waals surface area contributed by atoms with Crippen LogP contribution in [-0.4, -0.2) is 4.98 Å². The van der Waals surface area contributed by atoms with Gasteiger partial charge in [-0.3, -0.25) is 0 Å². The van der Waals surface area contributed by atoms with Crippen molar-refractivity contribution in [2.45, 2.75) is 18.9 Å². The maximum Gasteiger partial charge on any atom is 0.0457 e. The number of rotatable bonds is 4. The van der Waals surface area contributed by atoms with E-state index < -0.39 is 0 Å². The zero-order chi connectivity index (χ0) is 10.7. The molecule has 0 aliphatic heterocycles. The molecular formula is C13H16N2. The Kier molecular flexibility index (Phi) is 2.88. The van der Waals surface area contributed by atoms with Crippen LogP contribution in [0.5, 0.6) is 0 Å². The molecule has 1 aromatic heterocycles. The third-order valence-electron chi connectivity index (χ3n) is 2.71. The van der Waals surface area contributed by atoms with Crippen molar-refractivity contribution >= 4 is 10.9 Å². The Labute approximate surface area is 89.8 Å². The van der Waals surface area contributed by atoms with Crippen molar-refractivity contribution in [2.24, 2.45) is 5.73 Å². The average Bonchev–Trinajstić information content (AvgIpc) is 2.73. The first kappa shape index (κ1) is 9.99. The molecule has 1 aromatic carbocycles. The van der Waals surface area contributed by atoms with Crippen LogP contribution in [0.15, 0.2) is 43.1 Å². The SMILES string of the molecule is C=CCC[C@@H](N)c1cccc2[nH]ccc12. The van der Waals surface area contributed by atoms with Crippen molar-refractivity contribution in [3.05, 3.63) is 48.7 Å². The molecule has 0 radical (unpaired) electrons. The van der Waals surface area contributed by atoms with Crippen LogP contribution in [0.2, 0.25) is 0 Å². The van der Waals surface area contributed by atoms with Gasteiger partial charge in [0.1, 0.15) is 0 Å². The smallest absolute Gasteiger partial charge is 0.0457 e. The van der Waals surface area contributed by atoms with Gasteiger partial charge in [-0.05, 0) is 30.5 Å². The number of allylic oxidation sites excluding steroid dienone is 1. The van der Waals surface area contributed by atoms with Gasteiger partial charge in [-0.25, -0.2) is 0 Å². The van der Waals surface area contributed by atoms with E-state index in [1.807, 2.05) is 18.3 Å². The lowest BCUT2D eigenvalue weighted by molar-refractivity contribution is 0.666. The van der Waals surface area contributed by atoms with Gasteiger partial charge in [0.2, 0.25) is 0 Å². The first-order chi connectivity index (χ1) is 7.33. The molecule has 0 spiro atoms. The maximum absolute atomic E-state index is 6.14. The molecule has 1 atom stereocenters. The Hall–Kier alpha value is -1.54. The molecule has 78 valence electrons. The zero-order valence-corrected chi connectivity index (χ0v) is 8.74. The second-order valence-electron chi connectivity index (χ2n) is 3.76. The molecule has 0 bridgehead atoms. The zero-order valence-electron chi connectivity index (χ0n) is 8.74. The number of benzene rings is 1. The van der Waals surface area contributed by atoms with E-state index in [1.54, 1.807) is 0 Å². The van der Waals surface area contributed by atoms with Crippen LogP contribution in [0.25, 0.3) is 10.9 Å². The summed E-state index contributed by atoms with van der Waals surface area (Å²) in [5.41, 5.74) is 8.52. The number of nitrogens with two attached hydrogens (primary N) is 1. The summed E-state index contributed by atoms with van der Waals surface area (Å²) < 4.78 is 0. The monoisotopic (exact) mass is 200 g/mol. The van der Waals surface area contributed by atoms with Gasteiger partial charge in [-0.2, -0.15) is 0 Å². The van der Waals surface area contributed by atoms with Gasteiger partial charge in [-0.15, -0.1) is 6.58 Å². The molecule has 2 heteroatoms.